The number of hydrogen-bond donors (Lipinski definition) is 1. The van der Waals surface area contributed by atoms with Crippen LogP contribution < -0.4 is 5.32 Å². The number of carbonyl (C=O) groups excluding carboxylic acids is 1. The van der Waals surface area contributed by atoms with Crippen LogP contribution in [0.2, 0.25) is 15.1 Å². The van der Waals surface area contributed by atoms with Crippen LogP contribution in [-0.2, 0) is 0 Å². The van der Waals surface area contributed by atoms with Crippen molar-refractivity contribution < 1.29 is 4.79 Å². The number of hydrogen-bond acceptors (Lipinski definition) is 3. The summed E-state index contributed by atoms with van der Waals surface area (Å²) in [5, 5.41) is 5.86. The third kappa shape index (κ3) is 4.17. The molecule has 8 heteroatoms. The van der Waals surface area contributed by atoms with Gasteiger partial charge in [-0.15, -0.1) is 0 Å². The van der Waals surface area contributed by atoms with Gasteiger partial charge in [0, 0.05) is 6.20 Å². The van der Waals surface area contributed by atoms with E-state index in [2.05, 4.69) is 15.1 Å². The molecule has 3 aromatic rings. The zero-order valence-corrected chi connectivity index (χ0v) is 16.1. The van der Waals surface area contributed by atoms with Crippen LogP contribution in [0.4, 0.5) is 5.69 Å². The molecule has 0 bridgehead atoms. The van der Waals surface area contributed by atoms with Crippen LogP contribution in [0, 0.1) is 6.57 Å². The summed E-state index contributed by atoms with van der Waals surface area (Å²) in [4.78, 5) is 20.7. The Balaban J connectivity index is 1.97. The van der Waals surface area contributed by atoms with Gasteiger partial charge in [-0.2, -0.15) is 11.3 Å². The number of amides is 1. The van der Waals surface area contributed by atoms with Crippen LogP contribution in [0.15, 0.2) is 48.0 Å². The summed E-state index contributed by atoms with van der Waals surface area (Å²) in [7, 11) is 0. The molecule has 0 radical (unpaired) electrons. The molecule has 2 heterocycles. The van der Waals surface area contributed by atoms with Gasteiger partial charge in [-0.3, -0.25) is 9.78 Å². The number of benzene rings is 1. The van der Waals surface area contributed by atoms with E-state index in [0.717, 1.165) is 5.56 Å². The van der Waals surface area contributed by atoms with Gasteiger partial charge in [0.05, 0.1) is 38.3 Å². The number of pyridine rings is 1. The first-order valence-electron chi connectivity index (χ1n) is 7.31. The van der Waals surface area contributed by atoms with E-state index in [0.29, 0.717) is 31.3 Å². The van der Waals surface area contributed by atoms with E-state index in [-0.39, 0.29) is 5.91 Å². The second kappa shape index (κ2) is 8.07. The van der Waals surface area contributed by atoms with Crippen molar-refractivity contribution in [2.45, 2.75) is 6.04 Å². The number of rotatable bonds is 4. The summed E-state index contributed by atoms with van der Waals surface area (Å²) in [5.41, 5.74) is 1.75. The summed E-state index contributed by atoms with van der Waals surface area (Å²) in [6, 6.07) is 9.55. The van der Waals surface area contributed by atoms with Gasteiger partial charge in [0.25, 0.3) is 5.91 Å². The molecule has 0 spiro atoms. The highest BCUT2D eigenvalue weighted by molar-refractivity contribution is 7.12. The highest BCUT2D eigenvalue weighted by Gasteiger charge is 2.21. The van der Waals surface area contributed by atoms with E-state index >= 15 is 0 Å². The second-order valence-corrected chi connectivity index (χ2v) is 7.42. The molecule has 3 rings (SSSR count). The van der Waals surface area contributed by atoms with Crippen molar-refractivity contribution >= 4 is 57.7 Å². The molecule has 0 aliphatic heterocycles. The van der Waals surface area contributed by atoms with E-state index in [9.17, 15) is 4.79 Å². The minimum Gasteiger partial charge on any atom is -0.339 e. The van der Waals surface area contributed by atoms with Crippen LogP contribution in [0.3, 0.4) is 0 Å². The van der Waals surface area contributed by atoms with Crippen molar-refractivity contribution in [2.24, 2.45) is 0 Å². The van der Waals surface area contributed by atoms with Crippen molar-refractivity contribution in [3.05, 3.63) is 90.6 Å². The zero-order chi connectivity index (χ0) is 18.7. The van der Waals surface area contributed by atoms with Gasteiger partial charge in [-0.25, -0.2) is 4.85 Å². The van der Waals surface area contributed by atoms with Gasteiger partial charge in [0.2, 0.25) is 0 Å². The molecule has 0 aliphatic rings. The number of thiophene rings is 1. The highest BCUT2D eigenvalue weighted by Crippen LogP contribution is 2.30. The number of nitrogens with zero attached hydrogens (tertiary/aromatic N) is 2. The Morgan fingerprint density at radius 2 is 1.96 bits per heavy atom. The predicted octanol–water partition coefficient (Wildman–Crippen LogP) is 6.17. The predicted molar refractivity (Wildman–Crippen MR) is 106 cm³/mol. The van der Waals surface area contributed by atoms with Gasteiger partial charge >= 0.3 is 0 Å². The zero-order valence-electron chi connectivity index (χ0n) is 13.0. The molecule has 0 unspecified atom stereocenters. The largest absolute Gasteiger partial charge is 0.339 e. The fourth-order valence-electron chi connectivity index (χ4n) is 2.28. The van der Waals surface area contributed by atoms with Crippen molar-refractivity contribution in [1.82, 2.24) is 10.3 Å². The monoisotopic (exact) mass is 421 g/mol. The van der Waals surface area contributed by atoms with E-state index in [4.69, 9.17) is 41.4 Å². The normalized spacial score (nSPS) is 11.6. The van der Waals surface area contributed by atoms with Gasteiger partial charge in [0.15, 0.2) is 5.69 Å². The lowest BCUT2D eigenvalue weighted by Gasteiger charge is -2.19. The molecule has 0 saturated heterocycles. The van der Waals surface area contributed by atoms with Crippen molar-refractivity contribution in [2.75, 3.05) is 0 Å². The molecule has 26 heavy (non-hydrogen) atoms. The van der Waals surface area contributed by atoms with Crippen molar-refractivity contribution in [3.63, 3.8) is 0 Å². The first-order chi connectivity index (χ1) is 12.5. The molecule has 130 valence electrons. The molecule has 1 aromatic carbocycles. The minimum atomic E-state index is -0.548. The smallest absolute Gasteiger partial charge is 0.260 e. The average Bonchev–Trinajstić information content (AvgIpc) is 3.12. The lowest BCUT2D eigenvalue weighted by molar-refractivity contribution is 0.0946. The molecule has 0 fully saturated rings. The first kappa shape index (κ1) is 18.7. The number of aromatic nitrogens is 1. The maximum Gasteiger partial charge on any atom is 0.260 e. The van der Waals surface area contributed by atoms with Crippen molar-refractivity contribution in [3.8, 4) is 0 Å². The third-order valence-corrected chi connectivity index (χ3v) is 5.42. The Labute approximate surface area is 169 Å². The topological polar surface area (TPSA) is 46.4 Å². The number of halogens is 3. The van der Waals surface area contributed by atoms with Gasteiger partial charge in [-0.05, 0) is 41.3 Å². The third-order valence-electron chi connectivity index (χ3n) is 3.54. The second-order valence-electron chi connectivity index (χ2n) is 5.26. The molecule has 4 nitrogen and oxygen atoms in total. The van der Waals surface area contributed by atoms with Gasteiger partial charge in [-0.1, -0.05) is 40.9 Å². The summed E-state index contributed by atoms with van der Waals surface area (Å²) in [5.74, 6) is -0.308. The molecule has 0 saturated carbocycles. The maximum atomic E-state index is 12.6. The van der Waals surface area contributed by atoms with Crippen LogP contribution in [0.1, 0.15) is 27.0 Å². The quantitative estimate of drug-likeness (QED) is 0.511. The van der Waals surface area contributed by atoms with Crippen LogP contribution in [0.5, 0.6) is 0 Å². The van der Waals surface area contributed by atoms with E-state index in [1.54, 1.807) is 41.8 Å². The number of carbonyl (C=O) groups is 1. The van der Waals surface area contributed by atoms with Crippen LogP contribution >= 0.6 is 46.1 Å². The van der Waals surface area contributed by atoms with E-state index in [1.807, 2.05) is 0 Å². The first-order valence-corrected chi connectivity index (χ1v) is 9.32. The molecule has 0 aliphatic carbocycles. The molecular weight excluding hydrogens is 413 g/mol. The molecule has 1 atom stereocenters. The summed E-state index contributed by atoms with van der Waals surface area (Å²) in [6.45, 7) is 7.02. The summed E-state index contributed by atoms with van der Waals surface area (Å²) >= 11 is 19.2. The van der Waals surface area contributed by atoms with Crippen LogP contribution in [0.25, 0.3) is 4.85 Å². The Hall–Kier alpha value is -2.10. The fourth-order valence-corrected chi connectivity index (χ4v) is 3.43. The fraction of sp³-hybridized carbons (Fsp3) is 0.0556. The Morgan fingerprint density at radius 1 is 1.15 bits per heavy atom. The Morgan fingerprint density at radius 3 is 2.58 bits per heavy atom. The summed E-state index contributed by atoms with van der Waals surface area (Å²) < 4.78 is 0. The lowest BCUT2D eigenvalue weighted by atomic mass is 10.0. The highest BCUT2D eigenvalue weighted by atomic mass is 35.5. The van der Waals surface area contributed by atoms with E-state index < -0.39 is 6.04 Å². The molecule has 1 amide bonds. The van der Waals surface area contributed by atoms with Gasteiger partial charge in [0.1, 0.15) is 0 Å². The lowest BCUT2D eigenvalue weighted by Crippen LogP contribution is -2.29. The Bertz CT molecular complexity index is 996. The standard InChI is InChI=1S/C18H10Cl3N3OS/c1-22-12-7-16(26-9-12)18(25)24-17(15-5-3-11(19)8-23-15)10-2-4-13(20)14(21)6-10/h2-9,17H,(H,24,25)/t17-/m0/s1. The van der Waals surface area contributed by atoms with Gasteiger partial charge < -0.3 is 5.32 Å². The van der Waals surface area contributed by atoms with E-state index in [1.165, 1.54) is 17.5 Å². The average molecular weight is 423 g/mol. The minimum absolute atomic E-state index is 0.308. The van der Waals surface area contributed by atoms with Crippen LogP contribution in [-0.4, -0.2) is 10.9 Å². The summed E-state index contributed by atoms with van der Waals surface area (Å²) in [6.07, 6.45) is 1.51. The SMILES string of the molecule is [C-]#[N+]c1csc(C(=O)N[C@@H](c2ccc(Cl)c(Cl)c2)c2ccc(Cl)cn2)c1. The van der Waals surface area contributed by atoms with Crippen molar-refractivity contribution in [1.29, 1.82) is 0 Å². The number of nitrogens with one attached hydrogen (secondary N) is 1. The molecule has 2 aromatic heterocycles. The maximum absolute atomic E-state index is 12.6. The molecule has 1 N–H and O–H groups in total. The molecular formula is C18H10Cl3N3OS. The Kier molecular flexibility index (Phi) is 5.80.